The maximum Gasteiger partial charge on any atom is 0.418 e. The maximum atomic E-state index is 14.6. The largest absolute Gasteiger partial charge is 0.418 e. The van der Waals surface area contributed by atoms with Crippen molar-refractivity contribution in [2.75, 3.05) is 0 Å². The van der Waals surface area contributed by atoms with E-state index in [1.807, 2.05) is 6.07 Å². The Morgan fingerprint density at radius 1 is 0.775 bits per heavy atom. The van der Waals surface area contributed by atoms with Crippen molar-refractivity contribution in [3.8, 4) is 22.5 Å². The first-order chi connectivity index (χ1) is 19.3. The Morgan fingerprint density at radius 3 is 2.10 bits per heavy atom. The van der Waals surface area contributed by atoms with Crippen LogP contribution in [0.3, 0.4) is 0 Å². The van der Waals surface area contributed by atoms with Crippen molar-refractivity contribution in [2.24, 2.45) is 0 Å². The lowest BCUT2D eigenvalue weighted by atomic mass is 10.1. The lowest BCUT2D eigenvalue weighted by molar-refractivity contribution is -0.136. The van der Waals surface area contributed by atoms with Crippen molar-refractivity contribution in [3.63, 3.8) is 0 Å². The number of imidazole rings is 1. The van der Waals surface area contributed by atoms with Crippen LogP contribution in [0.5, 0.6) is 0 Å². The highest BCUT2D eigenvalue weighted by molar-refractivity contribution is 6.30. The second-order valence-electron chi connectivity index (χ2n) is 9.22. The first kappa shape index (κ1) is 25.6. The molecule has 3 aromatic heterocycles. The number of hydrogen-bond donors (Lipinski definition) is 0. The Labute approximate surface area is 230 Å². The van der Waals surface area contributed by atoms with Crippen LogP contribution in [0.25, 0.3) is 33.7 Å². The van der Waals surface area contributed by atoms with Gasteiger partial charge in [-0.2, -0.15) is 13.2 Å². The molecule has 6 nitrogen and oxygen atoms in total. The zero-order valence-electron chi connectivity index (χ0n) is 20.8. The highest BCUT2D eigenvalue weighted by atomic mass is 35.5. The van der Waals surface area contributed by atoms with Gasteiger partial charge in [0.1, 0.15) is 11.2 Å². The van der Waals surface area contributed by atoms with Crippen LogP contribution in [0.15, 0.2) is 106 Å². The quantitative estimate of drug-likeness (QED) is 0.214. The highest BCUT2D eigenvalue weighted by Gasteiger charge is 2.37. The van der Waals surface area contributed by atoms with Gasteiger partial charge in [0.2, 0.25) is 0 Å². The van der Waals surface area contributed by atoms with Gasteiger partial charge in [-0.1, -0.05) is 89.6 Å². The minimum atomic E-state index is -4.76. The molecule has 10 heteroatoms. The fourth-order valence-electron chi connectivity index (χ4n) is 4.64. The molecule has 0 saturated heterocycles. The van der Waals surface area contributed by atoms with E-state index < -0.39 is 17.4 Å². The molecule has 3 aromatic carbocycles. The van der Waals surface area contributed by atoms with Crippen molar-refractivity contribution < 1.29 is 17.7 Å². The van der Waals surface area contributed by atoms with Gasteiger partial charge in [0.05, 0.1) is 24.3 Å². The van der Waals surface area contributed by atoms with E-state index in [1.165, 1.54) is 4.57 Å². The molecule has 40 heavy (non-hydrogen) atoms. The number of hydrogen-bond acceptors (Lipinski definition) is 4. The average molecular weight is 561 g/mol. The van der Waals surface area contributed by atoms with Crippen LogP contribution in [0, 0.1) is 0 Å². The fourth-order valence-corrected chi connectivity index (χ4v) is 4.77. The topological polar surface area (TPSA) is 65.8 Å². The van der Waals surface area contributed by atoms with Crippen molar-refractivity contribution in [2.45, 2.75) is 19.3 Å². The van der Waals surface area contributed by atoms with Gasteiger partial charge in [0.15, 0.2) is 11.4 Å². The SMILES string of the molecule is O=c1n(Cc2ccccc2)c2nc(-c3ccccc3)cc(C(F)(F)F)c2n1Cc1cc(-c2ccc(Cl)cc2)no1. The average Bonchev–Trinajstić information content (AvgIpc) is 3.52. The number of rotatable bonds is 6. The number of pyridine rings is 1. The summed E-state index contributed by atoms with van der Waals surface area (Å²) in [6.07, 6.45) is -4.76. The molecule has 0 atom stereocenters. The van der Waals surface area contributed by atoms with Gasteiger partial charge in [-0.3, -0.25) is 9.13 Å². The van der Waals surface area contributed by atoms with E-state index in [2.05, 4.69) is 10.1 Å². The zero-order valence-corrected chi connectivity index (χ0v) is 21.5. The van der Waals surface area contributed by atoms with E-state index in [0.29, 0.717) is 21.8 Å². The normalized spacial score (nSPS) is 11.8. The Morgan fingerprint density at radius 2 is 1.43 bits per heavy atom. The monoisotopic (exact) mass is 560 g/mol. The second-order valence-corrected chi connectivity index (χ2v) is 9.65. The van der Waals surface area contributed by atoms with Crippen molar-refractivity contribution in [1.29, 1.82) is 0 Å². The summed E-state index contributed by atoms with van der Waals surface area (Å²) in [5.41, 5.74) is 0.542. The fraction of sp³-hybridized carbons (Fsp3) is 0.100. The summed E-state index contributed by atoms with van der Waals surface area (Å²) in [6.45, 7) is -0.231. The molecule has 6 rings (SSSR count). The van der Waals surface area contributed by atoms with E-state index in [-0.39, 0.29) is 35.7 Å². The molecule has 0 aliphatic rings. The van der Waals surface area contributed by atoms with E-state index >= 15 is 0 Å². The van der Waals surface area contributed by atoms with Gasteiger partial charge in [-0.15, -0.1) is 0 Å². The lowest BCUT2D eigenvalue weighted by Crippen LogP contribution is -2.25. The molecule has 6 aromatic rings. The first-order valence-electron chi connectivity index (χ1n) is 12.3. The third-order valence-electron chi connectivity index (χ3n) is 6.53. The van der Waals surface area contributed by atoms with E-state index in [4.69, 9.17) is 16.1 Å². The van der Waals surface area contributed by atoms with Crippen LogP contribution in [0.1, 0.15) is 16.9 Å². The van der Waals surface area contributed by atoms with Crippen LogP contribution < -0.4 is 5.69 Å². The molecule has 0 amide bonds. The van der Waals surface area contributed by atoms with Crippen molar-refractivity contribution in [3.05, 3.63) is 129 Å². The molecule has 0 radical (unpaired) electrons. The van der Waals surface area contributed by atoms with E-state index in [0.717, 1.165) is 16.2 Å². The van der Waals surface area contributed by atoms with E-state index in [9.17, 15) is 18.0 Å². The van der Waals surface area contributed by atoms with Crippen molar-refractivity contribution >= 4 is 22.8 Å². The Bertz CT molecular complexity index is 1860. The van der Waals surface area contributed by atoms with Gasteiger partial charge in [-0.05, 0) is 23.8 Å². The van der Waals surface area contributed by atoms with Gasteiger partial charge in [-0.25, -0.2) is 9.78 Å². The van der Waals surface area contributed by atoms with Crippen LogP contribution in [0.2, 0.25) is 5.02 Å². The summed E-state index contributed by atoms with van der Waals surface area (Å²) in [6, 6.07) is 27.1. The summed E-state index contributed by atoms with van der Waals surface area (Å²) < 4.78 is 51.4. The molecule has 0 fully saturated rings. The molecular weight excluding hydrogens is 541 g/mol. The van der Waals surface area contributed by atoms with Gasteiger partial charge >= 0.3 is 11.9 Å². The minimum absolute atomic E-state index is 0.0398. The smallest absolute Gasteiger partial charge is 0.359 e. The molecular formula is C30H20ClF3N4O2. The summed E-state index contributed by atoms with van der Waals surface area (Å²) in [7, 11) is 0. The van der Waals surface area contributed by atoms with Crippen LogP contribution in [-0.2, 0) is 19.3 Å². The molecule has 0 bridgehead atoms. The molecule has 0 spiro atoms. The maximum absolute atomic E-state index is 14.6. The number of halogens is 4. The standard InChI is InChI=1S/C30H20ClF3N4O2/c31-22-13-11-21(12-14-22)26-15-23(40-36-26)18-37-27-24(30(32,33)34)16-25(20-9-5-2-6-10-20)35-28(27)38(29(37)39)17-19-7-3-1-4-8-19/h1-16H,17-18H2. The van der Waals surface area contributed by atoms with Gasteiger partial charge in [0, 0.05) is 22.2 Å². The van der Waals surface area contributed by atoms with Crippen molar-refractivity contribution in [1.82, 2.24) is 19.3 Å². The minimum Gasteiger partial charge on any atom is -0.359 e. The predicted octanol–water partition coefficient (Wildman–Crippen LogP) is 7.29. The Kier molecular flexibility index (Phi) is 6.51. The van der Waals surface area contributed by atoms with Gasteiger partial charge < -0.3 is 4.52 Å². The van der Waals surface area contributed by atoms with Crippen LogP contribution >= 0.6 is 11.6 Å². The van der Waals surface area contributed by atoms with Gasteiger partial charge in [0.25, 0.3) is 0 Å². The lowest BCUT2D eigenvalue weighted by Gasteiger charge is -2.13. The molecule has 3 heterocycles. The molecule has 0 aliphatic heterocycles. The molecule has 0 aliphatic carbocycles. The summed E-state index contributed by atoms with van der Waals surface area (Å²) in [4.78, 5) is 18.4. The molecule has 0 saturated carbocycles. The summed E-state index contributed by atoms with van der Waals surface area (Å²) in [5, 5.41) is 4.59. The number of alkyl halides is 3. The highest BCUT2D eigenvalue weighted by Crippen LogP contribution is 2.37. The summed E-state index contributed by atoms with van der Waals surface area (Å²) in [5.74, 6) is 0.214. The first-order valence-corrected chi connectivity index (χ1v) is 12.7. The molecule has 0 N–H and O–H groups in total. The number of nitrogens with zero attached hydrogens (tertiary/aromatic N) is 4. The zero-order chi connectivity index (χ0) is 27.9. The van der Waals surface area contributed by atoms with Crippen LogP contribution in [0.4, 0.5) is 13.2 Å². The van der Waals surface area contributed by atoms with E-state index in [1.54, 1.807) is 84.9 Å². The number of fused-ring (bicyclic) bond motifs is 1. The molecule has 0 unspecified atom stereocenters. The Hall–Kier alpha value is -4.63. The third-order valence-corrected chi connectivity index (χ3v) is 6.79. The molecule has 200 valence electrons. The third kappa shape index (κ3) is 4.91. The summed E-state index contributed by atoms with van der Waals surface area (Å²) >= 11 is 5.96. The van der Waals surface area contributed by atoms with Crippen LogP contribution in [-0.4, -0.2) is 19.3 Å². The number of benzene rings is 3. The predicted molar refractivity (Wildman–Crippen MR) is 146 cm³/mol. The number of aromatic nitrogens is 4. The Balaban J connectivity index is 1.54. The second kappa shape index (κ2) is 10.2.